The van der Waals surface area contributed by atoms with Gasteiger partial charge in [-0.3, -0.25) is 14.4 Å². The Morgan fingerprint density at radius 2 is 1.71 bits per heavy atom. The van der Waals surface area contributed by atoms with Gasteiger partial charge in [-0.2, -0.15) is 0 Å². The van der Waals surface area contributed by atoms with Crippen LogP contribution in [0.2, 0.25) is 0 Å². The van der Waals surface area contributed by atoms with Crippen LogP contribution in [0.15, 0.2) is 42.5 Å². The van der Waals surface area contributed by atoms with E-state index in [4.69, 9.17) is 9.47 Å². The molecule has 2 aliphatic heterocycles. The lowest BCUT2D eigenvalue weighted by atomic mass is 10.2. The first-order chi connectivity index (χ1) is 13.5. The quantitative estimate of drug-likeness (QED) is 0.873. The number of nitrogens with one attached hydrogen (secondary N) is 1. The Labute approximate surface area is 161 Å². The zero-order valence-corrected chi connectivity index (χ0v) is 15.3. The third kappa shape index (κ3) is 3.36. The summed E-state index contributed by atoms with van der Waals surface area (Å²) >= 11 is 0. The van der Waals surface area contributed by atoms with E-state index in [9.17, 15) is 14.4 Å². The van der Waals surface area contributed by atoms with E-state index in [1.54, 1.807) is 42.3 Å². The number of rotatable bonds is 4. The van der Waals surface area contributed by atoms with Crippen molar-refractivity contribution in [2.75, 3.05) is 41.9 Å². The average Bonchev–Trinajstić information content (AvgIpc) is 2.70. The normalized spacial score (nSPS) is 15.3. The SMILES string of the molecule is CN1C(=O)COc2ccc(NC(=O)CCN3C(=O)COc4ccccc43)cc21. The molecule has 28 heavy (non-hydrogen) atoms. The minimum Gasteiger partial charge on any atom is -0.482 e. The van der Waals surface area contributed by atoms with Crippen molar-refractivity contribution in [1.29, 1.82) is 0 Å². The van der Waals surface area contributed by atoms with Crippen LogP contribution in [0.25, 0.3) is 0 Å². The molecule has 144 valence electrons. The summed E-state index contributed by atoms with van der Waals surface area (Å²) < 4.78 is 10.8. The molecule has 2 aromatic rings. The maximum Gasteiger partial charge on any atom is 0.265 e. The minimum absolute atomic E-state index is 0.00422. The van der Waals surface area contributed by atoms with Gasteiger partial charge in [0.25, 0.3) is 11.8 Å². The fourth-order valence-corrected chi connectivity index (χ4v) is 3.19. The summed E-state index contributed by atoms with van der Waals surface area (Å²) in [7, 11) is 1.66. The van der Waals surface area contributed by atoms with Crippen molar-refractivity contribution in [3.8, 4) is 11.5 Å². The predicted molar refractivity (Wildman–Crippen MR) is 103 cm³/mol. The molecular weight excluding hydrogens is 362 g/mol. The summed E-state index contributed by atoms with van der Waals surface area (Å²) in [5.41, 5.74) is 1.83. The highest BCUT2D eigenvalue weighted by Crippen LogP contribution is 2.34. The summed E-state index contributed by atoms with van der Waals surface area (Å²) in [6, 6.07) is 12.4. The van der Waals surface area contributed by atoms with Gasteiger partial charge in [0.2, 0.25) is 5.91 Å². The van der Waals surface area contributed by atoms with Gasteiger partial charge < -0.3 is 24.6 Å². The monoisotopic (exact) mass is 381 g/mol. The molecule has 0 fully saturated rings. The second kappa shape index (κ2) is 7.22. The minimum atomic E-state index is -0.234. The number of anilines is 3. The Kier molecular flexibility index (Phi) is 4.60. The van der Waals surface area contributed by atoms with Crippen LogP contribution in [0.5, 0.6) is 11.5 Å². The lowest BCUT2D eigenvalue weighted by Gasteiger charge is -2.29. The molecule has 1 N–H and O–H groups in total. The standard InChI is InChI=1S/C20H19N3O5/c1-22-15-10-13(6-7-17(15)27-11-19(22)25)21-18(24)8-9-23-14-4-2-3-5-16(14)28-12-20(23)26/h2-7,10H,8-9,11-12H2,1H3,(H,21,24). The van der Waals surface area contributed by atoms with E-state index in [1.165, 1.54) is 4.90 Å². The Hall–Kier alpha value is -3.55. The van der Waals surface area contributed by atoms with E-state index < -0.39 is 0 Å². The Morgan fingerprint density at radius 3 is 2.54 bits per heavy atom. The second-order valence-corrected chi connectivity index (χ2v) is 6.52. The van der Waals surface area contributed by atoms with Gasteiger partial charge in [-0.25, -0.2) is 0 Å². The topological polar surface area (TPSA) is 88.2 Å². The van der Waals surface area contributed by atoms with Crippen molar-refractivity contribution >= 4 is 34.8 Å². The van der Waals surface area contributed by atoms with Gasteiger partial charge in [-0.15, -0.1) is 0 Å². The van der Waals surface area contributed by atoms with Crippen molar-refractivity contribution in [3.63, 3.8) is 0 Å². The average molecular weight is 381 g/mol. The number of carbonyl (C=O) groups is 3. The fourth-order valence-electron chi connectivity index (χ4n) is 3.19. The Balaban J connectivity index is 1.42. The number of likely N-dealkylation sites (N-methyl/N-ethyl adjacent to an activating group) is 1. The van der Waals surface area contributed by atoms with Crippen LogP contribution in [0.1, 0.15) is 6.42 Å². The van der Waals surface area contributed by atoms with Crippen LogP contribution in [0.3, 0.4) is 0 Å². The summed E-state index contributed by atoms with van der Waals surface area (Å²) in [6.07, 6.45) is 0.127. The molecule has 0 atom stereocenters. The molecule has 0 aliphatic carbocycles. The highest BCUT2D eigenvalue weighted by atomic mass is 16.5. The van der Waals surface area contributed by atoms with Crippen molar-refractivity contribution < 1.29 is 23.9 Å². The van der Waals surface area contributed by atoms with Crippen molar-refractivity contribution in [2.45, 2.75) is 6.42 Å². The molecule has 0 aromatic heterocycles. The molecular formula is C20H19N3O5. The van der Waals surface area contributed by atoms with E-state index in [0.29, 0.717) is 28.6 Å². The number of benzene rings is 2. The molecule has 0 saturated carbocycles. The van der Waals surface area contributed by atoms with Gasteiger partial charge in [0.15, 0.2) is 13.2 Å². The van der Waals surface area contributed by atoms with Gasteiger partial charge in [0.1, 0.15) is 11.5 Å². The third-order valence-electron chi connectivity index (χ3n) is 4.70. The molecule has 0 radical (unpaired) electrons. The predicted octanol–water partition coefficient (Wildman–Crippen LogP) is 1.80. The van der Waals surface area contributed by atoms with Crippen LogP contribution in [0, 0.1) is 0 Å². The third-order valence-corrected chi connectivity index (χ3v) is 4.70. The van der Waals surface area contributed by atoms with Gasteiger partial charge in [0, 0.05) is 25.7 Å². The molecule has 0 bridgehead atoms. The summed E-state index contributed by atoms with van der Waals surface area (Å²) in [4.78, 5) is 39.4. The van der Waals surface area contributed by atoms with Crippen LogP contribution >= 0.6 is 0 Å². The molecule has 8 heteroatoms. The van der Waals surface area contributed by atoms with E-state index in [2.05, 4.69) is 5.32 Å². The number of ether oxygens (including phenoxy) is 2. The van der Waals surface area contributed by atoms with Gasteiger partial charge in [-0.1, -0.05) is 12.1 Å². The molecule has 4 rings (SSSR count). The first-order valence-electron chi connectivity index (χ1n) is 8.88. The molecule has 0 unspecified atom stereocenters. The number of carbonyl (C=O) groups excluding carboxylic acids is 3. The first-order valence-corrected chi connectivity index (χ1v) is 8.88. The van der Waals surface area contributed by atoms with Crippen LogP contribution in [0.4, 0.5) is 17.1 Å². The smallest absolute Gasteiger partial charge is 0.265 e. The van der Waals surface area contributed by atoms with Crippen molar-refractivity contribution in [2.24, 2.45) is 0 Å². The van der Waals surface area contributed by atoms with Gasteiger partial charge >= 0.3 is 0 Å². The maximum atomic E-state index is 12.4. The van der Waals surface area contributed by atoms with Crippen LogP contribution in [-0.2, 0) is 14.4 Å². The molecule has 2 aromatic carbocycles. The van der Waals surface area contributed by atoms with E-state index in [1.807, 2.05) is 12.1 Å². The highest BCUT2D eigenvalue weighted by Gasteiger charge is 2.26. The van der Waals surface area contributed by atoms with E-state index >= 15 is 0 Å². The molecule has 0 saturated heterocycles. The highest BCUT2D eigenvalue weighted by molar-refractivity contribution is 6.00. The number of hydrogen-bond donors (Lipinski definition) is 1. The second-order valence-electron chi connectivity index (χ2n) is 6.52. The number of fused-ring (bicyclic) bond motifs is 2. The van der Waals surface area contributed by atoms with Crippen molar-refractivity contribution in [1.82, 2.24) is 0 Å². The van der Waals surface area contributed by atoms with E-state index in [0.717, 1.165) is 0 Å². The number of amides is 3. The summed E-state index contributed by atoms with van der Waals surface area (Å²) in [5.74, 6) is 0.654. The Morgan fingerprint density at radius 1 is 1.00 bits per heavy atom. The van der Waals surface area contributed by atoms with Crippen molar-refractivity contribution in [3.05, 3.63) is 42.5 Å². The fraction of sp³-hybridized carbons (Fsp3) is 0.250. The number of hydrogen-bond acceptors (Lipinski definition) is 5. The van der Waals surface area contributed by atoms with Gasteiger partial charge in [0.05, 0.1) is 11.4 Å². The van der Waals surface area contributed by atoms with Gasteiger partial charge in [-0.05, 0) is 30.3 Å². The van der Waals surface area contributed by atoms with E-state index in [-0.39, 0.29) is 43.9 Å². The summed E-state index contributed by atoms with van der Waals surface area (Å²) in [5, 5.41) is 2.80. The molecule has 2 heterocycles. The maximum absolute atomic E-state index is 12.4. The largest absolute Gasteiger partial charge is 0.482 e. The lowest BCUT2D eigenvalue weighted by molar-refractivity contribution is -0.122. The molecule has 3 amide bonds. The van der Waals surface area contributed by atoms with Crippen LogP contribution < -0.4 is 24.6 Å². The number of para-hydroxylation sites is 2. The molecule has 2 aliphatic rings. The van der Waals surface area contributed by atoms with Crippen LogP contribution in [-0.4, -0.2) is 44.5 Å². The lowest BCUT2D eigenvalue weighted by Crippen LogP contribution is -2.40. The zero-order chi connectivity index (χ0) is 19.7. The summed E-state index contributed by atoms with van der Waals surface area (Å²) in [6.45, 7) is 0.214. The zero-order valence-electron chi connectivity index (χ0n) is 15.3. The first kappa shape index (κ1) is 17.8. The molecule has 0 spiro atoms. The number of nitrogens with zero attached hydrogens (tertiary/aromatic N) is 2. The Bertz CT molecular complexity index is 959. The molecule has 8 nitrogen and oxygen atoms in total.